The molecule has 10 heteroatoms. The number of likely N-dealkylation sites (N-methyl/N-ethyl adjacent to an activating group) is 1. The molecule has 5 rings (SSSR count). The fraction of sp³-hybridized carbons (Fsp3) is 0.367. The van der Waals surface area contributed by atoms with E-state index in [0.29, 0.717) is 16.9 Å². The summed E-state index contributed by atoms with van der Waals surface area (Å²) in [5, 5.41) is 45.0. The molecule has 6 N–H and O–H groups in total. The van der Waals surface area contributed by atoms with E-state index in [1.54, 1.807) is 27.3 Å². The zero-order valence-corrected chi connectivity index (χ0v) is 22.7. The molecule has 4 atom stereocenters. The van der Waals surface area contributed by atoms with Gasteiger partial charge in [-0.15, -0.1) is 0 Å². The van der Waals surface area contributed by atoms with Crippen molar-refractivity contribution in [3.8, 4) is 22.6 Å². The summed E-state index contributed by atoms with van der Waals surface area (Å²) < 4.78 is 5.61. The van der Waals surface area contributed by atoms with Gasteiger partial charge in [0.25, 0.3) is 5.91 Å². The fourth-order valence-electron chi connectivity index (χ4n) is 6.68. The average Bonchev–Trinajstić information content (AvgIpc) is 2.90. The van der Waals surface area contributed by atoms with Crippen molar-refractivity contribution in [2.45, 2.75) is 37.8 Å². The Balaban J connectivity index is 1.75. The molecule has 0 bridgehead atoms. The van der Waals surface area contributed by atoms with Crippen molar-refractivity contribution >= 4 is 23.2 Å². The summed E-state index contributed by atoms with van der Waals surface area (Å²) in [5.74, 6) is -6.20. The summed E-state index contributed by atoms with van der Waals surface area (Å²) in [6.07, 6.45) is 0.985. The first-order chi connectivity index (χ1) is 18.9. The number of rotatable bonds is 5. The maximum absolute atomic E-state index is 14.0. The number of ketones is 2. The first-order valence-electron chi connectivity index (χ1n) is 13.0. The molecule has 10 nitrogen and oxygen atoms in total. The first kappa shape index (κ1) is 27.4. The second kappa shape index (κ2) is 9.50. The topological polar surface area (TPSA) is 171 Å². The van der Waals surface area contributed by atoms with Crippen molar-refractivity contribution in [3.63, 3.8) is 0 Å². The molecule has 0 radical (unpaired) electrons. The Hall–Kier alpha value is -4.15. The van der Waals surface area contributed by atoms with E-state index in [9.17, 15) is 34.8 Å². The Bertz CT molecular complexity index is 1540. The third-order valence-corrected chi connectivity index (χ3v) is 8.57. The van der Waals surface area contributed by atoms with Crippen LogP contribution in [0.1, 0.15) is 30.0 Å². The number of amides is 1. The zero-order valence-electron chi connectivity index (χ0n) is 22.7. The molecule has 0 aliphatic heterocycles. The molecule has 3 aliphatic rings. The van der Waals surface area contributed by atoms with Crippen molar-refractivity contribution in [2.75, 3.05) is 21.2 Å². The number of aliphatic hydroxyl groups excluding tert-OH is 2. The number of aromatic hydroxyl groups is 1. The first-order valence-corrected chi connectivity index (χ1v) is 13.0. The zero-order chi connectivity index (χ0) is 29.3. The van der Waals surface area contributed by atoms with Crippen LogP contribution in [0.25, 0.3) is 16.9 Å². The van der Waals surface area contributed by atoms with E-state index < -0.39 is 58.0 Å². The van der Waals surface area contributed by atoms with Crippen molar-refractivity contribution in [3.05, 3.63) is 63.9 Å². The molecule has 2 aromatic carbocycles. The van der Waals surface area contributed by atoms with Gasteiger partial charge in [0.05, 0.1) is 18.7 Å². The average molecular weight is 549 g/mol. The van der Waals surface area contributed by atoms with Crippen LogP contribution in [0.4, 0.5) is 0 Å². The normalized spacial score (nSPS) is 26.0. The number of Topliss-reactive ketones (excluding diaryl/α,β-unsaturated/α-hetero) is 2. The molecule has 0 saturated heterocycles. The lowest BCUT2D eigenvalue weighted by atomic mass is 9.57. The van der Waals surface area contributed by atoms with E-state index in [4.69, 9.17) is 10.5 Å². The van der Waals surface area contributed by atoms with Crippen LogP contribution in [-0.4, -0.2) is 75.6 Å². The lowest BCUT2D eigenvalue weighted by Gasteiger charge is -2.50. The minimum absolute atomic E-state index is 0.0208. The number of benzene rings is 2. The molecule has 1 fully saturated rings. The molecule has 1 amide bonds. The van der Waals surface area contributed by atoms with Gasteiger partial charge < -0.3 is 30.9 Å². The highest BCUT2D eigenvalue weighted by Crippen LogP contribution is 2.54. The minimum atomic E-state index is -2.67. The number of hydrogen-bond donors (Lipinski definition) is 5. The van der Waals surface area contributed by atoms with Crippen LogP contribution >= 0.6 is 0 Å². The number of nitrogens with two attached hydrogens (primary N) is 1. The van der Waals surface area contributed by atoms with Crippen molar-refractivity contribution in [1.82, 2.24) is 4.90 Å². The summed E-state index contributed by atoms with van der Waals surface area (Å²) in [6, 6.07) is 7.78. The Kier molecular flexibility index (Phi) is 6.51. The van der Waals surface area contributed by atoms with Gasteiger partial charge in [-0.3, -0.25) is 19.3 Å². The molecule has 0 heterocycles. The van der Waals surface area contributed by atoms with Gasteiger partial charge in [0, 0.05) is 17.1 Å². The number of fused-ring (bicyclic) bond motifs is 3. The summed E-state index contributed by atoms with van der Waals surface area (Å²) in [5.41, 5.74) is 4.79. The fourth-order valence-corrected chi connectivity index (χ4v) is 6.68. The van der Waals surface area contributed by atoms with Crippen LogP contribution in [0.2, 0.25) is 0 Å². The molecule has 2 aromatic rings. The van der Waals surface area contributed by atoms with Crippen LogP contribution in [-0.2, 0) is 27.2 Å². The standard InChI is InChI=1S/C30H32N2O8/c1-5-13-6-9-20(40-4)16(10-13)15-7-8-19(33)22-17(15)11-14-12-18-24(32(2)3)26(35)23(29(31)38)28(37)30(18,39)27(36)21(14)25(22)34/h6-10,14,18,24,33-34,37,39H,5,11-12H2,1-4H3,(H2,31,38)/t14-,18-,24-,30-/m0/s1. The largest absolute Gasteiger partial charge is 0.508 e. The van der Waals surface area contributed by atoms with E-state index in [0.717, 1.165) is 17.5 Å². The van der Waals surface area contributed by atoms with Crippen LogP contribution in [0.5, 0.6) is 11.5 Å². The number of carbonyl (C=O) groups is 3. The Labute approximate surface area is 231 Å². The molecule has 40 heavy (non-hydrogen) atoms. The third kappa shape index (κ3) is 3.66. The third-order valence-electron chi connectivity index (χ3n) is 8.57. The van der Waals surface area contributed by atoms with E-state index in [-0.39, 0.29) is 29.7 Å². The molecule has 210 valence electrons. The molecular weight excluding hydrogens is 516 g/mol. The second-order valence-corrected chi connectivity index (χ2v) is 10.8. The van der Waals surface area contributed by atoms with Gasteiger partial charge >= 0.3 is 0 Å². The highest BCUT2D eigenvalue weighted by atomic mass is 16.5. The van der Waals surface area contributed by atoms with Gasteiger partial charge in [-0.25, -0.2) is 0 Å². The SMILES string of the molecule is CCc1ccc(OC)c(-c2ccc(O)c3c2C[C@H]2C[C@H]4[C@H](N(C)C)C(=O)C(C(N)=O)=C(O)[C@@]4(O)C(=O)C2=C3O)c1. The minimum Gasteiger partial charge on any atom is -0.508 e. The number of ether oxygens (including phenoxy) is 1. The number of primary amides is 1. The van der Waals surface area contributed by atoms with Crippen molar-refractivity contribution < 1.29 is 39.5 Å². The van der Waals surface area contributed by atoms with Crippen LogP contribution in [0.15, 0.2) is 47.2 Å². The Morgan fingerprint density at radius 1 is 1.12 bits per heavy atom. The molecule has 0 spiro atoms. The Morgan fingerprint density at radius 2 is 1.82 bits per heavy atom. The smallest absolute Gasteiger partial charge is 0.255 e. The molecule has 0 unspecified atom stereocenters. The lowest BCUT2D eigenvalue weighted by molar-refractivity contribution is -0.153. The maximum Gasteiger partial charge on any atom is 0.255 e. The summed E-state index contributed by atoms with van der Waals surface area (Å²) in [6.45, 7) is 2.02. The van der Waals surface area contributed by atoms with Gasteiger partial charge in [0.15, 0.2) is 11.4 Å². The van der Waals surface area contributed by atoms with Gasteiger partial charge in [-0.1, -0.05) is 19.1 Å². The number of methoxy groups -OCH3 is 1. The van der Waals surface area contributed by atoms with E-state index in [1.807, 2.05) is 25.1 Å². The number of nitrogens with zero attached hydrogens (tertiary/aromatic N) is 1. The molecule has 3 aliphatic carbocycles. The van der Waals surface area contributed by atoms with Gasteiger partial charge in [0.2, 0.25) is 5.78 Å². The maximum atomic E-state index is 14.0. The quantitative estimate of drug-likeness (QED) is 0.351. The predicted octanol–water partition coefficient (Wildman–Crippen LogP) is 2.20. The number of aryl methyl sites for hydroxylation is 1. The molecule has 1 saturated carbocycles. The number of aliphatic hydroxyl groups is 3. The number of carbonyl (C=O) groups excluding carboxylic acids is 3. The van der Waals surface area contributed by atoms with Crippen LogP contribution in [0.3, 0.4) is 0 Å². The molecular formula is C30H32N2O8. The van der Waals surface area contributed by atoms with Gasteiger partial charge in [-0.05, 0) is 74.2 Å². The van der Waals surface area contributed by atoms with E-state index in [1.165, 1.54) is 11.0 Å². The van der Waals surface area contributed by atoms with E-state index >= 15 is 0 Å². The van der Waals surface area contributed by atoms with Gasteiger partial charge in [-0.2, -0.15) is 0 Å². The number of phenols is 1. The molecule has 0 aromatic heterocycles. The monoisotopic (exact) mass is 548 g/mol. The summed E-state index contributed by atoms with van der Waals surface area (Å²) >= 11 is 0. The van der Waals surface area contributed by atoms with Crippen LogP contribution in [0, 0.1) is 11.8 Å². The Morgan fingerprint density at radius 3 is 2.42 bits per heavy atom. The second-order valence-electron chi connectivity index (χ2n) is 10.8. The van der Waals surface area contributed by atoms with Crippen LogP contribution < -0.4 is 10.5 Å². The van der Waals surface area contributed by atoms with Crippen molar-refractivity contribution in [2.24, 2.45) is 17.6 Å². The lowest BCUT2D eigenvalue weighted by Crippen LogP contribution is -2.65. The summed E-state index contributed by atoms with van der Waals surface area (Å²) in [7, 11) is 4.68. The highest BCUT2D eigenvalue weighted by molar-refractivity contribution is 6.24. The van der Waals surface area contributed by atoms with Gasteiger partial charge in [0.1, 0.15) is 28.6 Å². The van der Waals surface area contributed by atoms with E-state index in [2.05, 4.69) is 0 Å². The number of hydrogen-bond acceptors (Lipinski definition) is 9. The summed E-state index contributed by atoms with van der Waals surface area (Å²) in [4.78, 5) is 40.9. The van der Waals surface area contributed by atoms with Crippen molar-refractivity contribution in [1.29, 1.82) is 0 Å². The predicted molar refractivity (Wildman–Crippen MR) is 146 cm³/mol. The highest BCUT2D eigenvalue weighted by Gasteiger charge is 2.64. The number of phenolic OH excluding ortho intramolecular Hbond substituents is 1.